The number of nitrogens with two attached hydrogens (primary N) is 1. The second-order valence-electron chi connectivity index (χ2n) is 5.13. The number of likely N-dealkylation sites (N-methyl/N-ethyl adjacent to an activating group) is 1. The highest BCUT2D eigenvalue weighted by molar-refractivity contribution is 6.30. The van der Waals surface area contributed by atoms with Crippen LogP contribution >= 0.6 is 11.6 Å². The maximum Gasteiger partial charge on any atom is 0.0502 e. The number of hydrogen-bond acceptors (Lipinski definition) is 2. The third-order valence-corrected chi connectivity index (χ3v) is 4.04. The van der Waals surface area contributed by atoms with Crippen LogP contribution in [0.3, 0.4) is 0 Å². The Hall–Kier alpha value is -0.570. The number of nitrogens with zero attached hydrogens (tertiary/aromatic N) is 1. The van der Waals surface area contributed by atoms with Crippen molar-refractivity contribution in [2.75, 3.05) is 6.54 Å². The van der Waals surface area contributed by atoms with Gasteiger partial charge in [-0.3, -0.25) is 4.90 Å². The van der Waals surface area contributed by atoms with E-state index in [0.29, 0.717) is 6.04 Å². The Balaban J connectivity index is 2.29. The molecule has 18 heavy (non-hydrogen) atoms. The number of rotatable bonds is 6. The molecule has 0 bridgehead atoms. The van der Waals surface area contributed by atoms with E-state index in [1.165, 1.54) is 18.4 Å². The van der Waals surface area contributed by atoms with Gasteiger partial charge in [-0.1, -0.05) is 37.6 Å². The molecule has 0 amide bonds. The first-order chi connectivity index (χ1) is 8.67. The SMILES string of the molecule is CCC(N)C(c1cccc(Cl)c1)N(CC)C1CC1. The molecule has 3 heteroatoms. The minimum Gasteiger partial charge on any atom is -0.326 e. The molecule has 0 spiro atoms. The minimum absolute atomic E-state index is 0.170. The maximum absolute atomic E-state index is 6.36. The fraction of sp³-hybridized carbons (Fsp3) is 0.600. The molecule has 2 unspecified atom stereocenters. The molecular formula is C15H23ClN2. The quantitative estimate of drug-likeness (QED) is 0.852. The Morgan fingerprint density at radius 1 is 1.39 bits per heavy atom. The number of halogens is 1. The number of benzene rings is 1. The first kappa shape index (κ1) is 13.9. The molecule has 1 aliphatic rings. The van der Waals surface area contributed by atoms with Gasteiger partial charge in [0.25, 0.3) is 0 Å². The summed E-state index contributed by atoms with van der Waals surface area (Å²) in [6, 6.07) is 9.34. The Kier molecular flexibility index (Phi) is 4.66. The lowest BCUT2D eigenvalue weighted by Crippen LogP contribution is -2.42. The Morgan fingerprint density at radius 2 is 2.11 bits per heavy atom. The predicted molar refractivity (Wildman–Crippen MR) is 77.9 cm³/mol. The highest BCUT2D eigenvalue weighted by atomic mass is 35.5. The van der Waals surface area contributed by atoms with Crippen LogP contribution in [0.2, 0.25) is 5.02 Å². The van der Waals surface area contributed by atoms with Crippen LogP contribution in [0.4, 0.5) is 0 Å². The van der Waals surface area contributed by atoms with Crippen molar-refractivity contribution < 1.29 is 0 Å². The van der Waals surface area contributed by atoms with E-state index in [1.54, 1.807) is 0 Å². The van der Waals surface area contributed by atoms with E-state index in [0.717, 1.165) is 24.0 Å². The summed E-state index contributed by atoms with van der Waals surface area (Å²) in [4.78, 5) is 2.54. The summed E-state index contributed by atoms with van der Waals surface area (Å²) in [7, 11) is 0. The lowest BCUT2D eigenvalue weighted by Gasteiger charge is -2.35. The van der Waals surface area contributed by atoms with Gasteiger partial charge < -0.3 is 5.73 Å². The molecule has 0 heterocycles. The van der Waals surface area contributed by atoms with Crippen LogP contribution in [-0.4, -0.2) is 23.5 Å². The summed E-state index contributed by atoms with van der Waals surface area (Å²) in [6.45, 7) is 5.43. The summed E-state index contributed by atoms with van der Waals surface area (Å²) in [5, 5.41) is 0.799. The van der Waals surface area contributed by atoms with Crippen molar-refractivity contribution >= 4 is 11.6 Å². The average molecular weight is 267 g/mol. The average Bonchev–Trinajstić information content (AvgIpc) is 3.19. The molecule has 1 aromatic rings. The lowest BCUT2D eigenvalue weighted by molar-refractivity contribution is 0.168. The van der Waals surface area contributed by atoms with Gasteiger partial charge in [0.15, 0.2) is 0 Å². The van der Waals surface area contributed by atoms with Crippen molar-refractivity contribution in [1.29, 1.82) is 0 Å². The number of hydrogen-bond donors (Lipinski definition) is 1. The highest BCUT2D eigenvalue weighted by Gasteiger charge is 2.35. The van der Waals surface area contributed by atoms with Crippen molar-refractivity contribution in [2.45, 2.75) is 51.2 Å². The van der Waals surface area contributed by atoms with E-state index < -0.39 is 0 Å². The molecule has 1 aromatic carbocycles. The van der Waals surface area contributed by atoms with E-state index in [2.05, 4.69) is 30.9 Å². The molecule has 0 radical (unpaired) electrons. The largest absolute Gasteiger partial charge is 0.326 e. The van der Waals surface area contributed by atoms with Crippen molar-refractivity contribution in [2.24, 2.45) is 5.73 Å². The molecular weight excluding hydrogens is 244 g/mol. The molecule has 2 rings (SSSR count). The summed E-state index contributed by atoms with van der Waals surface area (Å²) < 4.78 is 0. The molecule has 1 fully saturated rings. The Morgan fingerprint density at radius 3 is 2.61 bits per heavy atom. The maximum atomic E-state index is 6.36. The van der Waals surface area contributed by atoms with Crippen molar-refractivity contribution in [3.05, 3.63) is 34.9 Å². The van der Waals surface area contributed by atoms with E-state index in [4.69, 9.17) is 17.3 Å². The summed E-state index contributed by atoms with van der Waals surface area (Å²) in [5.74, 6) is 0. The second-order valence-corrected chi connectivity index (χ2v) is 5.57. The lowest BCUT2D eigenvalue weighted by atomic mass is 9.96. The van der Waals surface area contributed by atoms with Crippen LogP contribution in [0.1, 0.15) is 44.7 Å². The minimum atomic E-state index is 0.170. The topological polar surface area (TPSA) is 29.3 Å². The first-order valence-corrected chi connectivity index (χ1v) is 7.32. The molecule has 0 aromatic heterocycles. The van der Waals surface area contributed by atoms with Gasteiger partial charge in [-0.2, -0.15) is 0 Å². The molecule has 0 aliphatic heterocycles. The van der Waals surface area contributed by atoms with Crippen LogP contribution in [0.25, 0.3) is 0 Å². The van der Waals surface area contributed by atoms with Crippen LogP contribution in [0.15, 0.2) is 24.3 Å². The summed E-state index contributed by atoms with van der Waals surface area (Å²) in [6.07, 6.45) is 3.60. The Labute approximate surface area is 115 Å². The molecule has 2 N–H and O–H groups in total. The van der Waals surface area contributed by atoms with Crippen LogP contribution in [-0.2, 0) is 0 Å². The smallest absolute Gasteiger partial charge is 0.0502 e. The van der Waals surface area contributed by atoms with Gasteiger partial charge in [0, 0.05) is 17.1 Å². The molecule has 1 aliphatic carbocycles. The van der Waals surface area contributed by atoms with Gasteiger partial charge in [-0.05, 0) is 43.5 Å². The normalized spacial score (nSPS) is 18.9. The third-order valence-electron chi connectivity index (χ3n) is 3.81. The monoisotopic (exact) mass is 266 g/mol. The summed E-state index contributed by atoms with van der Waals surface area (Å²) in [5.41, 5.74) is 7.61. The Bertz CT molecular complexity index is 390. The van der Waals surface area contributed by atoms with Crippen molar-refractivity contribution in [3.63, 3.8) is 0 Å². The highest BCUT2D eigenvalue weighted by Crippen LogP contribution is 2.36. The van der Waals surface area contributed by atoms with Crippen LogP contribution in [0, 0.1) is 0 Å². The fourth-order valence-electron chi connectivity index (χ4n) is 2.69. The predicted octanol–water partition coefficient (Wildman–Crippen LogP) is 3.60. The molecule has 2 nitrogen and oxygen atoms in total. The van der Waals surface area contributed by atoms with E-state index in [-0.39, 0.29) is 6.04 Å². The molecule has 100 valence electrons. The van der Waals surface area contributed by atoms with E-state index >= 15 is 0 Å². The zero-order valence-corrected chi connectivity index (χ0v) is 12.0. The van der Waals surface area contributed by atoms with Gasteiger partial charge in [0.1, 0.15) is 0 Å². The zero-order valence-electron chi connectivity index (χ0n) is 11.3. The van der Waals surface area contributed by atoms with E-state index in [1.807, 2.05) is 12.1 Å². The van der Waals surface area contributed by atoms with E-state index in [9.17, 15) is 0 Å². The second kappa shape index (κ2) is 6.05. The van der Waals surface area contributed by atoms with Crippen molar-refractivity contribution in [3.8, 4) is 0 Å². The van der Waals surface area contributed by atoms with Gasteiger partial charge in [-0.25, -0.2) is 0 Å². The molecule has 1 saturated carbocycles. The standard InChI is InChI=1S/C15H23ClN2/c1-3-14(17)15(18(4-2)13-8-9-13)11-6-5-7-12(16)10-11/h5-7,10,13-15H,3-4,8-9,17H2,1-2H3. The van der Waals surface area contributed by atoms with Gasteiger partial charge in [-0.15, -0.1) is 0 Å². The zero-order chi connectivity index (χ0) is 13.1. The first-order valence-electron chi connectivity index (χ1n) is 6.94. The fourth-order valence-corrected chi connectivity index (χ4v) is 2.89. The van der Waals surface area contributed by atoms with Gasteiger partial charge in [0.2, 0.25) is 0 Å². The summed E-state index contributed by atoms with van der Waals surface area (Å²) >= 11 is 6.12. The van der Waals surface area contributed by atoms with Crippen molar-refractivity contribution in [1.82, 2.24) is 4.90 Å². The van der Waals surface area contributed by atoms with Crippen LogP contribution < -0.4 is 5.73 Å². The van der Waals surface area contributed by atoms with Crippen LogP contribution in [0.5, 0.6) is 0 Å². The van der Waals surface area contributed by atoms with Gasteiger partial charge in [0.05, 0.1) is 6.04 Å². The van der Waals surface area contributed by atoms with Gasteiger partial charge >= 0.3 is 0 Å². The third kappa shape index (κ3) is 3.05. The molecule has 2 atom stereocenters. The molecule has 0 saturated heterocycles.